The van der Waals surface area contributed by atoms with Crippen molar-refractivity contribution in [3.05, 3.63) is 269 Å². The molecule has 1 aliphatic carbocycles. The first kappa shape index (κ1) is 40.8. The Morgan fingerprint density at radius 2 is 1.07 bits per heavy atom. The zero-order valence-electron chi connectivity index (χ0n) is 39.7. The zero-order valence-corrected chi connectivity index (χ0v) is 41.4. The summed E-state index contributed by atoms with van der Waals surface area (Å²) in [5.74, 6) is 0. The summed E-state index contributed by atoms with van der Waals surface area (Å²) < 4.78 is 5.41. The molecule has 16 rings (SSSR count). The Labute approximate surface area is 430 Å². The van der Waals surface area contributed by atoms with Crippen molar-refractivity contribution in [1.82, 2.24) is 4.57 Å². The second-order valence-corrected chi connectivity index (χ2v) is 22.0. The third-order valence-electron chi connectivity index (χ3n) is 16.2. The van der Waals surface area contributed by atoms with E-state index in [1.54, 1.807) is 0 Å². The van der Waals surface area contributed by atoms with Crippen LogP contribution in [0.15, 0.2) is 231 Å². The van der Waals surface area contributed by atoms with Crippen LogP contribution in [0.4, 0.5) is 39.8 Å². The van der Waals surface area contributed by atoms with Crippen LogP contribution in [0.5, 0.6) is 0 Å². The summed E-state index contributed by atoms with van der Waals surface area (Å²) in [4.78, 5) is 9.41. The first-order chi connectivity index (χ1) is 36.1. The molecule has 0 radical (unpaired) electrons. The van der Waals surface area contributed by atoms with Crippen LogP contribution in [0.1, 0.15) is 26.7 Å². The van der Waals surface area contributed by atoms with E-state index in [1.165, 1.54) is 120 Å². The molecule has 10 aromatic carbocycles. The quantitative estimate of drug-likeness (QED) is 0.129. The maximum absolute atomic E-state index is 8.49. The number of nitrogens with zero attached hydrogens (tertiary/aromatic N) is 4. The van der Waals surface area contributed by atoms with E-state index < -0.39 is 5.41 Å². The number of fused-ring (bicyclic) bond motifs is 17. The molecule has 0 fully saturated rings. The third-order valence-corrected chi connectivity index (χ3v) is 19.0. The molecular weight excluding hydrogens is 951 g/mol. The fraction of sp³-hybridized carbons (Fsp3) is 0.0299. The topological polar surface area (TPSA) is 15.8 Å². The molecule has 3 aliphatic heterocycles. The number of aryl methyl sites for hydroxylation is 1. The summed E-state index contributed by atoms with van der Waals surface area (Å²) in [6, 6.07) is 85.5. The summed E-state index contributed by atoms with van der Waals surface area (Å²) in [6.45, 7) is 10.7. The molecule has 73 heavy (non-hydrogen) atoms. The Bertz CT molecular complexity index is 4390. The molecule has 5 heterocycles. The van der Waals surface area contributed by atoms with E-state index in [1.807, 2.05) is 6.07 Å². The molecule has 0 amide bonds. The Hall–Kier alpha value is -8.85. The minimum atomic E-state index is -0.673. The second kappa shape index (κ2) is 15.1. The van der Waals surface area contributed by atoms with Crippen LogP contribution in [0.25, 0.3) is 65.7 Å². The van der Waals surface area contributed by atoms with E-state index in [2.05, 4.69) is 251 Å². The third kappa shape index (κ3) is 5.30. The van der Waals surface area contributed by atoms with Crippen molar-refractivity contribution >= 4 is 98.1 Å². The van der Waals surface area contributed by atoms with Crippen LogP contribution in [0.2, 0.25) is 0 Å². The average Bonchev–Trinajstić information content (AvgIpc) is 4.10. The van der Waals surface area contributed by atoms with Gasteiger partial charge in [-0.2, -0.15) is 0 Å². The van der Waals surface area contributed by atoms with Gasteiger partial charge in [0.15, 0.2) is 0 Å². The predicted octanol–water partition coefficient (Wildman–Crippen LogP) is 14.8. The molecule has 338 valence electrons. The number of para-hydroxylation sites is 5. The van der Waals surface area contributed by atoms with Crippen LogP contribution in [0.3, 0.4) is 0 Å². The SMILES string of the molecule is [C-]#[N+]c1ccc2c(c1)C1(c3ccccc3-c3c1[se]c1c3N(c3ccccc3-c3ccccc3)c3cc(C)cc4c3B1c1ccccc1N4c1ccccc1-c1ccccc1)c1cccc3c4ccccc4n-2c13. The molecule has 2 aromatic heterocycles. The Morgan fingerprint density at radius 1 is 0.479 bits per heavy atom. The Kier molecular flexibility index (Phi) is 8.44. The first-order valence-corrected chi connectivity index (χ1v) is 26.8. The summed E-state index contributed by atoms with van der Waals surface area (Å²) in [6.07, 6.45) is 0. The average molecular weight is 992 g/mol. The number of aromatic nitrogens is 1. The standard InChI is InChI=1S/C67H41BN4Se/c1-41-38-59-62-60(39-41)72(55-33-16-11-25-46(55)43-22-7-4-8-23-43)64-61-49-27-9-13-29-50(49)67(51-30-19-28-48-47-26-12-17-34-56(47)71(63(48)51)57-37-36-44(69-2)40-52(57)67)65(61)73-66(64)68(62)53-31-14-18-35-58(53)70(59)54-32-15-10-24-45(54)42-20-5-3-6-21-42/h3-40H,1H3. The van der Waals surface area contributed by atoms with Gasteiger partial charge < -0.3 is 0 Å². The van der Waals surface area contributed by atoms with E-state index in [0.29, 0.717) is 5.69 Å². The van der Waals surface area contributed by atoms with Crippen molar-refractivity contribution in [2.75, 3.05) is 9.80 Å². The second-order valence-electron chi connectivity index (χ2n) is 19.8. The number of rotatable bonds is 4. The van der Waals surface area contributed by atoms with Crippen LogP contribution in [0, 0.1) is 13.5 Å². The summed E-state index contributed by atoms with van der Waals surface area (Å²) in [7, 11) is 0. The van der Waals surface area contributed by atoms with Gasteiger partial charge in [-0.25, -0.2) is 0 Å². The molecule has 1 unspecified atom stereocenters. The fourth-order valence-corrected chi connectivity index (χ4v) is 17.0. The molecule has 0 bridgehead atoms. The van der Waals surface area contributed by atoms with Crippen molar-refractivity contribution in [3.8, 4) is 39.1 Å². The monoisotopic (exact) mass is 992 g/mol. The number of benzene rings is 10. The van der Waals surface area contributed by atoms with E-state index in [0.717, 1.165) is 17.1 Å². The van der Waals surface area contributed by atoms with Crippen molar-refractivity contribution < 1.29 is 0 Å². The number of hydrogen-bond donors (Lipinski definition) is 0. The molecule has 0 saturated heterocycles. The van der Waals surface area contributed by atoms with E-state index in [9.17, 15) is 0 Å². The van der Waals surface area contributed by atoms with Gasteiger partial charge in [0.25, 0.3) is 0 Å². The number of anilines is 6. The summed E-state index contributed by atoms with van der Waals surface area (Å²) in [5, 5.41) is 2.50. The van der Waals surface area contributed by atoms with Gasteiger partial charge in [0.05, 0.1) is 0 Å². The molecule has 0 N–H and O–H groups in total. The van der Waals surface area contributed by atoms with Crippen LogP contribution >= 0.6 is 0 Å². The van der Waals surface area contributed by atoms with Gasteiger partial charge in [0.1, 0.15) is 0 Å². The van der Waals surface area contributed by atoms with Crippen molar-refractivity contribution in [3.63, 3.8) is 0 Å². The van der Waals surface area contributed by atoms with E-state index in [4.69, 9.17) is 6.57 Å². The Balaban J connectivity index is 1.07. The van der Waals surface area contributed by atoms with Gasteiger partial charge in [-0.1, -0.05) is 0 Å². The van der Waals surface area contributed by atoms with Gasteiger partial charge in [0, 0.05) is 0 Å². The van der Waals surface area contributed by atoms with E-state index in [-0.39, 0.29) is 21.2 Å². The van der Waals surface area contributed by atoms with Crippen molar-refractivity contribution in [2.45, 2.75) is 12.3 Å². The Morgan fingerprint density at radius 3 is 1.81 bits per heavy atom. The van der Waals surface area contributed by atoms with E-state index >= 15 is 0 Å². The predicted molar refractivity (Wildman–Crippen MR) is 304 cm³/mol. The van der Waals surface area contributed by atoms with Gasteiger partial charge in [-0.3, -0.25) is 0 Å². The van der Waals surface area contributed by atoms with Gasteiger partial charge in [-0.15, -0.1) is 0 Å². The molecule has 12 aromatic rings. The summed E-state index contributed by atoms with van der Waals surface area (Å²) in [5.41, 5.74) is 25.8. The molecule has 1 spiro atoms. The van der Waals surface area contributed by atoms with Crippen LogP contribution in [-0.4, -0.2) is 25.8 Å². The fourth-order valence-electron chi connectivity index (χ4n) is 13.5. The zero-order chi connectivity index (χ0) is 48.1. The normalized spacial score (nSPS) is 15.2. The van der Waals surface area contributed by atoms with Crippen LogP contribution < -0.4 is 25.1 Å². The molecular formula is C67H41BN4Se. The minimum absolute atomic E-state index is 0.0215. The molecule has 4 nitrogen and oxygen atoms in total. The maximum atomic E-state index is 8.49. The van der Waals surface area contributed by atoms with Gasteiger partial charge >= 0.3 is 433 Å². The molecule has 0 saturated carbocycles. The summed E-state index contributed by atoms with van der Waals surface area (Å²) >= 11 is -0.187. The van der Waals surface area contributed by atoms with Crippen molar-refractivity contribution in [1.29, 1.82) is 0 Å². The van der Waals surface area contributed by atoms with Crippen molar-refractivity contribution in [2.24, 2.45) is 0 Å². The molecule has 1 atom stereocenters. The van der Waals surface area contributed by atoms with Gasteiger partial charge in [0.2, 0.25) is 0 Å². The van der Waals surface area contributed by atoms with Crippen LogP contribution in [-0.2, 0) is 5.41 Å². The number of hydrogen-bond acceptors (Lipinski definition) is 2. The first-order valence-electron chi connectivity index (χ1n) is 25.1. The molecule has 4 aliphatic rings. The molecule has 6 heteroatoms. The van der Waals surface area contributed by atoms with Gasteiger partial charge in [-0.05, 0) is 0 Å².